The van der Waals surface area contributed by atoms with E-state index in [2.05, 4.69) is 6.07 Å². The van der Waals surface area contributed by atoms with Gasteiger partial charge in [-0.25, -0.2) is 5.01 Å². The molecule has 2 aliphatic rings. The third-order valence-corrected chi connectivity index (χ3v) is 5.64. The Morgan fingerprint density at radius 1 is 0.964 bits per heavy atom. The zero-order valence-corrected chi connectivity index (χ0v) is 16.1. The molecule has 0 fully saturated rings. The fourth-order valence-corrected chi connectivity index (χ4v) is 4.10. The lowest BCUT2D eigenvalue weighted by molar-refractivity contribution is -0.0189. The second kappa shape index (κ2) is 6.88. The van der Waals surface area contributed by atoms with Crippen molar-refractivity contribution >= 4 is 17.3 Å². The predicted octanol–water partition coefficient (Wildman–Crippen LogP) is 5.59. The minimum Gasteiger partial charge on any atom is -0.497 e. The number of hydrogen-bond acceptors (Lipinski definition) is 4. The van der Waals surface area contributed by atoms with Crippen LogP contribution in [0.15, 0.2) is 77.9 Å². The molecule has 0 radical (unpaired) electrons. The number of nitrogens with zero attached hydrogens (tertiary/aromatic N) is 2. The summed E-state index contributed by atoms with van der Waals surface area (Å²) < 4.78 is 11.6. The Morgan fingerprint density at radius 3 is 2.43 bits per heavy atom. The number of para-hydroxylation sites is 1. The Bertz CT molecular complexity index is 1050. The quantitative estimate of drug-likeness (QED) is 0.584. The molecule has 3 aromatic rings. The van der Waals surface area contributed by atoms with Crippen LogP contribution in [-0.2, 0) is 0 Å². The minimum atomic E-state index is -0.357. The fraction of sp³-hybridized carbons (Fsp3) is 0.174. The van der Waals surface area contributed by atoms with Crippen LogP contribution >= 0.6 is 11.6 Å². The van der Waals surface area contributed by atoms with Crippen LogP contribution in [0.3, 0.4) is 0 Å². The number of benzene rings is 3. The largest absolute Gasteiger partial charge is 0.497 e. The SMILES string of the molecule is COc1ccc(C2=NN3[C@H](C2)c2ccccc2O[C@H]3c2ccccc2Cl)cc1. The van der Waals surface area contributed by atoms with E-state index in [0.29, 0.717) is 5.02 Å². The van der Waals surface area contributed by atoms with Crippen molar-refractivity contribution in [3.63, 3.8) is 0 Å². The molecule has 5 rings (SSSR count). The van der Waals surface area contributed by atoms with E-state index in [1.807, 2.05) is 71.7 Å². The molecule has 0 spiro atoms. The number of halogens is 1. The molecule has 0 aromatic heterocycles. The first kappa shape index (κ1) is 17.1. The van der Waals surface area contributed by atoms with Gasteiger partial charge in [0.25, 0.3) is 0 Å². The summed E-state index contributed by atoms with van der Waals surface area (Å²) in [6.07, 6.45) is 0.456. The highest BCUT2D eigenvalue weighted by Crippen LogP contribution is 2.48. The van der Waals surface area contributed by atoms with Crippen LogP contribution in [0.2, 0.25) is 5.02 Å². The van der Waals surface area contributed by atoms with E-state index >= 15 is 0 Å². The van der Waals surface area contributed by atoms with Crippen molar-refractivity contribution < 1.29 is 9.47 Å². The van der Waals surface area contributed by atoms with E-state index in [1.165, 1.54) is 0 Å². The van der Waals surface area contributed by atoms with E-state index < -0.39 is 0 Å². The molecule has 0 unspecified atom stereocenters. The summed E-state index contributed by atoms with van der Waals surface area (Å²) in [7, 11) is 1.67. The third kappa shape index (κ3) is 2.81. The van der Waals surface area contributed by atoms with Crippen LogP contribution in [0.4, 0.5) is 0 Å². The number of rotatable bonds is 3. The number of ether oxygens (including phenoxy) is 2. The molecule has 0 bridgehead atoms. The molecule has 2 atom stereocenters. The molecule has 0 saturated heterocycles. The van der Waals surface area contributed by atoms with Crippen LogP contribution < -0.4 is 9.47 Å². The summed E-state index contributed by atoms with van der Waals surface area (Å²) in [4.78, 5) is 0. The van der Waals surface area contributed by atoms with Crippen LogP contribution in [-0.4, -0.2) is 17.8 Å². The molecule has 0 saturated carbocycles. The van der Waals surface area contributed by atoms with Gasteiger partial charge in [0.05, 0.1) is 18.9 Å². The van der Waals surface area contributed by atoms with Gasteiger partial charge in [0.2, 0.25) is 6.23 Å². The van der Waals surface area contributed by atoms with Crippen molar-refractivity contribution in [2.24, 2.45) is 5.10 Å². The first-order chi connectivity index (χ1) is 13.7. The lowest BCUT2D eigenvalue weighted by Gasteiger charge is -2.38. The fourth-order valence-electron chi connectivity index (χ4n) is 3.87. The van der Waals surface area contributed by atoms with Crippen molar-refractivity contribution in [2.45, 2.75) is 18.7 Å². The Labute approximate surface area is 169 Å². The van der Waals surface area contributed by atoms with Crippen LogP contribution in [0.25, 0.3) is 0 Å². The second-order valence-corrected chi connectivity index (χ2v) is 7.31. The molecule has 0 N–H and O–H groups in total. The van der Waals surface area contributed by atoms with Gasteiger partial charge in [-0.1, -0.05) is 48.0 Å². The number of methoxy groups -OCH3 is 1. The number of hydrogen-bond donors (Lipinski definition) is 0. The standard InChI is InChI=1S/C23H19ClN2O2/c1-27-16-12-10-15(11-13-16)20-14-21-18-7-3-5-9-22(18)28-23(26(21)25-20)17-6-2-4-8-19(17)24/h2-13,21,23H,14H2,1H3/t21-,23+/m1/s1. The Kier molecular flexibility index (Phi) is 4.21. The molecule has 0 amide bonds. The highest BCUT2D eigenvalue weighted by atomic mass is 35.5. The summed E-state index contributed by atoms with van der Waals surface area (Å²) >= 11 is 6.49. The smallest absolute Gasteiger partial charge is 0.215 e. The zero-order chi connectivity index (χ0) is 19.1. The molecule has 0 aliphatic carbocycles. The van der Waals surface area contributed by atoms with Gasteiger partial charge in [-0.05, 0) is 42.0 Å². The summed E-state index contributed by atoms with van der Waals surface area (Å²) in [5.74, 6) is 1.72. The van der Waals surface area contributed by atoms with E-state index in [4.69, 9.17) is 26.2 Å². The van der Waals surface area contributed by atoms with E-state index in [0.717, 1.165) is 40.3 Å². The molecule has 28 heavy (non-hydrogen) atoms. The Hall–Kier alpha value is -2.98. The summed E-state index contributed by atoms with van der Waals surface area (Å²) in [6, 6.07) is 24.1. The molecule has 4 nitrogen and oxygen atoms in total. The van der Waals surface area contributed by atoms with Gasteiger partial charge in [-0.3, -0.25) is 0 Å². The average molecular weight is 391 g/mol. The summed E-state index contributed by atoms with van der Waals surface area (Å²) in [5, 5.41) is 7.68. The van der Waals surface area contributed by atoms with E-state index in [9.17, 15) is 0 Å². The lowest BCUT2D eigenvalue weighted by Crippen LogP contribution is -2.33. The maximum absolute atomic E-state index is 6.49. The van der Waals surface area contributed by atoms with Crippen molar-refractivity contribution in [1.29, 1.82) is 0 Å². The maximum atomic E-state index is 6.49. The van der Waals surface area contributed by atoms with Crippen LogP contribution in [0.1, 0.15) is 35.4 Å². The van der Waals surface area contributed by atoms with Crippen LogP contribution in [0.5, 0.6) is 11.5 Å². The highest BCUT2D eigenvalue weighted by Gasteiger charge is 2.41. The van der Waals surface area contributed by atoms with Gasteiger partial charge in [-0.2, -0.15) is 5.10 Å². The molecule has 5 heteroatoms. The lowest BCUT2D eigenvalue weighted by atomic mass is 9.96. The summed E-state index contributed by atoms with van der Waals surface area (Å²) in [6.45, 7) is 0. The second-order valence-electron chi connectivity index (χ2n) is 6.90. The molecular weight excluding hydrogens is 372 g/mol. The van der Waals surface area contributed by atoms with E-state index in [1.54, 1.807) is 7.11 Å². The first-order valence-electron chi connectivity index (χ1n) is 9.25. The maximum Gasteiger partial charge on any atom is 0.215 e. The molecule has 140 valence electrons. The number of fused-ring (bicyclic) bond motifs is 3. The van der Waals surface area contributed by atoms with E-state index in [-0.39, 0.29) is 12.3 Å². The molecule has 2 aliphatic heterocycles. The van der Waals surface area contributed by atoms with Gasteiger partial charge < -0.3 is 9.47 Å². The number of hydrazone groups is 1. The van der Waals surface area contributed by atoms with Gasteiger partial charge >= 0.3 is 0 Å². The normalized spacial score (nSPS) is 20.1. The topological polar surface area (TPSA) is 34.1 Å². The van der Waals surface area contributed by atoms with Gasteiger partial charge in [-0.15, -0.1) is 0 Å². The molecular formula is C23H19ClN2O2. The minimum absolute atomic E-state index is 0.114. The zero-order valence-electron chi connectivity index (χ0n) is 15.4. The van der Waals surface area contributed by atoms with Gasteiger partial charge in [0.15, 0.2) is 0 Å². The third-order valence-electron chi connectivity index (χ3n) is 5.29. The Morgan fingerprint density at radius 2 is 1.68 bits per heavy atom. The first-order valence-corrected chi connectivity index (χ1v) is 9.62. The van der Waals surface area contributed by atoms with Crippen LogP contribution in [0, 0.1) is 0 Å². The molecule has 3 aromatic carbocycles. The molecule has 2 heterocycles. The summed E-state index contributed by atoms with van der Waals surface area (Å²) in [5.41, 5.74) is 4.19. The highest BCUT2D eigenvalue weighted by molar-refractivity contribution is 6.31. The van der Waals surface area contributed by atoms with Gasteiger partial charge in [0, 0.05) is 22.6 Å². The monoisotopic (exact) mass is 390 g/mol. The van der Waals surface area contributed by atoms with Gasteiger partial charge in [0.1, 0.15) is 11.5 Å². The Balaban J connectivity index is 1.58. The predicted molar refractivity (Wildman–Crippen MR) is 110 cm³/mol. The van der Waals surface area contributed by atoms with Crippen molar-refractivity contribution in [3.05, 3.63) is 94.5 Å². The van der Waals surface area contributed by atoms with Crippen molar-refractivity contribution in [3.8, 4) is 11.5 Å². The van der Waals surface area contributed by atoms with Crippen molar-refractivity contribution in [1.82, 2.24) is 5.01 Å². The average Bonchev–Trinajstić information content (AvgIpc) is 3.19. The van der Waals surface area contributed by atoms with Crippen molar-refractivity contribution in [2.75, 3.05) is 7.11 Å².